The highest BCUT2D eigenvalue weighted by Gasteiger charge is 2.18. The van der Waals surface area contributed by atoms with Crippen molar-refractivity contribution >= 4 is 21.9 Å². The number of carbonyl (C=O) groups is 1. The Balaban J connectivity index is 1.34. The zero-order chi connectivity index (χ0) is 29.2. The Kier molecular flexibility index (Phi) is 9.99. The van der Waals surface area contributed by atoms with Gasteiger partial charge in [-0.2, -0.15) is 4.31 Å². The minimum atomic E-state index is -3.48. The number of benzene rings is 2. The molecule has 41 heavy (non-hydrogen) atoms. The molecule has 3 N–H and O–H groups in total. The number of anilines is 1. The predicted octanol–water partition coefficient (Wildman–Crippen LogP) is 3.79. The Morgan fingerprint density at radius 3 is 2.51 bits per heavy atom. The van der Waals surface area contributed by atoms with E-state index in [0.717, 1.165) is 23.1 Å². The normalized spacial score (nSPS) is 11.4. The summed E-state index contributed by atoms with van der Waals surface area (Å²) in [7, 11) is -3.48. The van der Waals surface area contributed by atoms with Crippen LogP contribution in [0.5, 0.6) is 5.75 Å². The largest absolute Gasteiger partial charge is 0.508 e. The summed E-state index contributed by atoms with van der Waals surface area (Å²) in [5, 5.41) is 15.5. The van der Waals surface area contributed by atoms with Crippen LogP contribution in [-0.2, 0) is 23.0 Å². The molecule has 4 aromatic rings. The number of aromatic nitrogens is 3. The van der Waals surface area contributed by atoms with Crippen molar-refractivity contribution in [2.45, 2.75) is 26.3 Å². The molecule has 0 spiro atoms. The number of rotatable bonds is 13. The summed E-state index contributed by atoms with van der Waals surface area (Å²) in [6.07, 6.45) is 5.71. The summed E-state index contributed by atoms with van der Waals surface area (Å²) < 4.78 is 26.5. The van der Waals surface area contributed by atoms with Crippen LogP contribution in [0.4, 0.5) is 5.95 Å². The smallest absolute Gasteiger partial charge is 0.253 e. The van der Waals surface area contributed by atoms with Gasteiger partial charge in [-0.05, 0) is 67.3 Å². The molecule has 0 aliphatic heterocycles. The molecule has 0 unspecified atom stereocenters. The summed E-state index contributed by atoms with van der Waals surface area (Å²) in [5.74, 6) is 0.501. The molecule has 2 heterocycles. The van der Waals surface area contributed by atoms with Crippen LogP contribution in [0.1, 0.15) is 33.6 Å². The van der Waals surface area contributed by atoms with Crippen LogP contribution in [0.15, 0.2) is 79.1 Å². The summed E-state index contributed by atoms with van der Waals surface area (Å²) in [5.41, 5.74) is 4.62. The minimum absolute atomic E-state index is 0.200. The van der Waals surface area contributed by atoms with E-state index in [1.54, 1.807) is 43.6 Å². The van der Waals surface area contributed by atoms with E-state index in [1.165, 1.54) is 10.6 Å². The van der Waals surface area contributed by atoms with Crippen molar-refractivity contribution in [1.82, 2.24) is 24.6 Å². The Morgan fingerprint density at radius 1 is 0.951 bits per heavy atom. The van der Waals surface area contributed by atoms with Crippen molar-refractivity contribution in [3.63, 3.8) is 0 Å². The second kappa shape index (κ2) is 13.8. The van der Waals surface area contributed by atoms with Crippen molar-refractivity contribution in [3.8, 4) is 17.0 Å². The van der Waals surface area contributed by atoms with E-state index in [4.69, 9.17) is 0 Å². The number of carbonyl (C=O) groups excluding carboxylic acids is 1. The third-order valence-corrected chi connectivity index (χ3v) is 7.71. The third kappa shape index (κ3) is 8.82. The molecule has 1 amide bonds. The number of aryl methyl sites for hydroxylation is 1. The van der Waals surface area contributed by atoms with Gasteiger partial charge in [-0.3, -0.25) is 9.78 Å². The first-order valence-electron chi connectivity index (χ1n) is 13.3. The molecule has 0 saturated carbocycles. The number of hydrogen-bond donors (Lipinski definition) is 3. The maximum atomic E-state index is 12.5. The molecular formula is C30H34N6O4S. The summed E-state index contributed by atoms with van der Waals surface area (Å²) in [6.45, 7) is 3.19. The number of sulfonamides is 1. The number of nitrogens with one attached hydrogen (secondary N) is 2. The van der Waals surface area contributed by atoms with E-state index in [1.807, 2.05) is 42.5 Å². The molecule has 2 aromatic carbocycles. The standard InChI is InChI=1S/C30H34N6O4S/c1-22-27(8-4-15-31-22)29(38)32-16-5-19-36(41(2,39)40)21-24-6-3-7-25(20-24)28-14-18-34-30(35-28)33-17-13-23-9-11-26(37)12-10-23/h3-4,6-12,14-15,18,20,37H,5,13,16-17,19,21H2,1-2H3,(H,32,38)(H,33,34,35). The van der Waals surface area contributed by atoms with Crippen molar-refractivity contribution in [2.24, 2.45) is 0 Å². The van der Waals surface area contributed by atoms with Gasteiger partial charge in [0.05, 0.1) is 17.5 Å². The fourth-order valence-corrected chi connectivity index (χ4v) is 5.10. The van der Waals surface area contributed by atoms with Crippen LogP contribution in [0.2, 0.25) is 0 Å². The lowest BCUT2D eigenvalue weighted by Crippen LogP contribution is -2.33. The summed E-state index contributed by atoms with van der Waals surface area (Å²) in [4.78, 5) is 25.5. The SMILES string of the molecule is Cc1ncccc1C(=O)NCCCN(Cc1cccc(-c2ccnc(NCCc3ccc(O)cc3)n2)c1)S(C)(=O)=O. The molecular weight excluding hydrogens is 540 g/mol. The molecule has 0 radical (unpaired) electrons. The van der Waals surface area contributed by atoms with E-state index < -0.39 is 10.0 Å². The van der Waals surface area contributed by atoms with Crippen LogP contribution >= 0.6 is 0 Å². The highest BCUT2D eigenvalue weighted by atomic mass is 32.2. The van der Waals surface area contributed by atoms with E-state index in [0.29, 0.717) is 42.4 Å². The molecule has 0 aliphatic carbocycles. The Bertz CT molecular complexity index is 1580. The Morgan fingerprint density at radius 2 is 1.76 bits per heavy atom. The third-order valence-electron chi connectivity index (χ3n) is 6.46. The molecule has 0 atom stereocenters. The molecule has 0 aliphatic rings. The van der Waals surface area contributed by atoms with Gasteiger partial charge >= 0.3 is 0 Å². The first kappa shape index (κ1) is 29.6. The lowest BCUT2D eigenvalue weighted by atomic mass is 10.1. The van der Waals surface area contributed by atoms with Crippen molar-refractivity contribution in [1.29, 1.82) is 0 Å². The topological polar surface area (TPSA) is 137 Å². The van der Waals surface area contributed by atoms with E-state index in [-0.39, 0.29) is 24.7 Å². The summed E-state index contributed by atoms with van der Waals surface area (Å²) in [6, 6.07) is 19.9. The van der Waals surface area contributed by atoms with E-state index in [2.05, 4.69) is 25.6 Å². The molecule has 11 heteroatoms. The fourth-order valence-electron chi connectivity index (χ4n) is 4.26. The number of pyridine rings is 1. The molecule has 214 valence electrons. The van der Waals surface area contributed by atoms with Crippen LogP contribution in [0, 0.1) is 6.92 Å². The van der Waals surface area contributed by atoms with Crippen LogP contribution in [0.3, 0.4) is 0 Å². The fraction of sp³-hybridized carbons (Fsp3) is 0.267. The Hall–Kier alpha value is -4.35. The maximum absolute atomic E-state index is 12.5. The van der Waals surface area contributed by atoms with E-state index in [9.17, 15) is 18.3 Å². The minimum Gasteiger partial charge on any atom is -0.508 e. The van der Waals surface area contributed by atoms with Gasteiger partial charge in [-0.1, -0.05) is 30.3 Å². The average Bonchev–Trinajstić information content (AvgIpc) is 2.95. The molecule has 0 saturated heterocycles. The van der Waals surface area contributed by atoms with Gasteiger partial charge in [0.15, 0.2) is 0 Å². The van der Waals surface area contributed by atoms with Gasteiger partial charge in [0.1, 0.15) is 5.75 Å². The number of hydrogen-bond acceptors (Lipinski definition) is 8. The van der Waals surface area contributed by atoms with Crippen molar-refractivity contribution in [2.75, 3.05) is 31.2 Å². The van der Waals surface area contributed by atoms with Crippen LogP contribution < -0.4 is 10.6 Å². The second-order valence-corrected chi connectivity index (χ2v) is 11.6. The molecule has 10 nitrogen and oxygen atoms in total. The predicted molar refractivity (Wildman–Crippen MR) is 159 cm³/mol. The number of amides is 1. The molecule has 0 bridgehead atoms. The maximum Gasteiger partial charge on any atom is 0.253 e. The first-order valence-corrected chi connectivity index (χ1v) is 15.1. The van der Waals surface area contributed by atoms with Gasteiger partial charge < -0.3 is 15.7 Å². The highest BCUT2D eigenvalue weighted by molar-refractivity contribution is 7.88. The number of phenols is 1. The molecule has 0 fully saturated rings. The Labute approximate surface area is 240 Å². The molecule has 4 rings (SSSR count). The lowest BCUT2D eigenvalue weighted by molar-refractivity contribution is 0.0951. The molecule has 2 aromatic heterocycles. The average molecular weight is 575 g/mol. The van der Waals surface area contributed by atoms with E-state index >= 15 is 0 Å². The zero-order valence-corrected chi connectivity index (χ0v) is 23.9. The van der Waals surface area contributed by atoms with Crippen LogP contribution in [0.25, 0.3) is 11.3 Å². The first-order chi connectivity index (χ1) is 19.7. The highest BCUT2D eigenvalue weighted by Crippen LogP contribution is 2.21. The second-order valence-electron chi connectivity index (χ2n) is 9.65. The quantitative estimate of drug-likeness (QED) is 0.205. The van der Waals surface area contributed by atoms with Gasteiger partial charge in [0.2, 0.25) is 16.0 Å². The van der Waals surface area contributed by atoms with Gasteiger partial charge in [0, 0.05) is 49.8 Å². The monoisotopic (exact) mass is 574 g/mol. The van der Waals surface area contributed by atoms with Gasteiger partial charge in [-0.25, -0.2) is 18.4 Å². The summed E-state index contributed by atoms with van der Waals surface area (Å²) >= 11 is 0. The van der Waals surface area contributed by atoms with Crippen LogP contribution in [-0.4, -0.2) is 64.6 Å². The zero-order valence-electron chi connectivity index (χ0n) is 23.1. The number of nitrogens with zero attached hydrogens (tertiary/aromatic N) is 4. The van der Waals surface area contributed by atoms with Crippen molar-refractivity contribution in [3.05, 3.63) is 102 Å². The van der Waals surface area contributed by atoms with Gasteiger partial charge in [-0.15, -0.1) is 0 Å². The van der Waals surface area contributed by atoms with Crippen molar-refractivity contribution < 1.29 is 18.3 Å². The lowest BCUT2D eigenvalue weighted by Gasteiger charge is -2.20. The number of phenolic OH excluding ortho intramolecular Hbond substituents is 1. The number of aromatic hydroxyl groups is 1. The van der Waals surface area contributed by atoms with Gasteiger partial charge in [0.25, 0.3) is 5.91 Å².